The van der Waals surface area contributed by atoms with Gasteiger partial charge in [0.15, 0.2) is 0 Å². The highest BCUT2D eigenvalue weighted by atomic mass is 16.1. The third-order valence-electron chi connectivity index (χ3n) is 5.84. The molecule has 0 spiro atoms. The van der Waals surface area contributed by atoms with E-state index in [0.29, 0.717) is 31.0 Å². The van der Waals surface area contributed by atoms with Crippen LogP contribution in [-0.4, -0.2) is 18.0 Å². The quantitative estimate of drug-likeness (QED) is 0.850. The Morgan fingerprint density at radius 3 is 2.46 bits per heavy atom. The van der Waals surface area contributed by atoms with Gasteiger partial charge in [0.2, 0.25) is 5.91 Å². The molecule has 136 valence electrons. The van der Waals surface area contributed by atoms with Crippen LogP contribution in [0.1, 0.15) is 43.2 Å². The molecule has 26 heavy (non-hydrogen) atoms. The summed E-state index contributed by atoms with van der Waals surface area (Å²) in [6, 6.07) is 18.3. The van der Waals surface area contributed by atoms with E-state index in [1.54, 1.807) is 0 Å². The average Bonchev–Trinajstić information content (AvgIpc) is 2.99. The predicted molar refractivity (Wildman–Crippen MR) is 106 cm³/mol. The van der Waals surface area contributed by atoms with Crippen LogP contribution < -0.4 is 10.6 Å². The van der Waals surface area contributed by atoms with Crippen molar-refractivity contribution in [1.29, 1.82) is 0 Å². The number of hydrogen-bond donors (Lipinski definition) is 2. The molecule has 2 aromatic rings. The Balaban J connectivity index is 1.28. The van der Waals surface area contributed by atoms with Crippen molar-refractivity contribution in [3.8, 4) is 11.1 Å². The van der Waals surface area contributed by atoms with E-state index in [1.165, 1.54) is 29.5 Å². The van der Waals surface area contributed by atoms with E-state index in [9.17, 15) is 4.79 Å². The van der Waals surface area contributed by atoms with Gasteiger partial charge in [0.1, 0.15) is 0 Å². The maximum Gasteiger partial charge on any atom is 0.220 e. The Hall–Kier alpha value is -2.13. The lowest BCUT2D eigenvalue weighted by Gasteiger charge is -2.28. The van der Waals surface area contributed by atoms with Gasteiger partial charge in [-0.1, -0.05) is 54.1 Å². The molecule has 1 amide bonds. The molecule has 0 aromatic heterocycles. The Morgan fingerprint density at radius 1 is 1.04 bits per heavy atom. The molecule has 2 aliphatic rings. The largest absolute Gasteiger partial charge is 0.352 e. The van der Waals surface area contributed by atoms with Crippen LogP contribution in [-0.2, 0) is 11.3 Å². The summed E-state index contributed by atoms with van der Waals surface area (Å²) in [5.41, 5.74) is 4.88. The Morgan fingerprint density at radius 2 is 1.77 bits per heavy atom. The number of benzene rings is 2. The molecule has 3 heteroatoms. The highest BCUT2D eigenvalue weighted by Gasteiger charge is 2.34. The average molecular weight is 348 g/mol. The maximum absolute atomic E-state index is 12.3. The van der Waals surface area contributed by atoms with Crippen molar-refractivity contribution in [3.63, 3.8) is 0 Å². The fourth-order valence-electron chi connectivity index (χ4n) is 4.52. The van der Waals surface area contributed by atoms with Crippen molar-refractivity contribution in [3.05, 3.63) is 59.7 Å². The molecular weight excluding hydrogens is 320 g/mol. The molecule has 2 N–H and O–H groups in total. The second-order valence-corrected chi connectivity index (χ2v) is 8.02. The van der Waals surface area contributed by atoms with E-state index in [4.69, 9.17) is 0 Å². The number of carbonyl (C=O) groups is 1. The number of nitrogens with one attached hydrogen (secondary N) is 2. The van der Waals surface area contributed by atoms with Gasteiger partial charge in [-0.15, -0.1) is 0 Å². The van der Waals surface area contributed by atoms with Crippen LogP contribution in [0, 0.1) is 12.8 Å². The minimum Gasteiger partial charge on any atom is -0.352 e. The molecule has 0 radical (unpaired) electrons. The summed E-state index contributed by atoms with van der Waals surface area (Å²) in [6.07, 6.45) is 5.58. The number of carbonyl (C=O) groups excluding carboxylic acids is 1. The van der Waals surface area contributed by atoms with E-state index in [1.807, 2.05) is 0 Å². The summed E-state index contributed by atoms with van der Waals surface area (Å²) in [4.78, 5) is 12.3. The fourth-order valence-corrected chi connectivity index (χ4v) is 4.52. The summed E-state index contributed by atoms with van der Waals surface area (Å²) >= 11 is 0. The highest BCUT2D eigenvalue weighted by Crippen LogP contribution is 2.32. The van der Waals surface area contributed by atoms with Crippen molar-refractivity contribution in [2.75, 3.05) is 0 Å². The second kappa shape index (κ2) is 7.63. The van der Waals surface area contributed by atoms with Crippen LogP contribution in [0.2, 0.25) is 0 Å². The first-order chi connectivity index (χ1) is 12.7. The van der Waals surface area contributed by atoms with Gasteiger partial charge in [-0.3, -0.25) is 4.79 Å². The number of piperidine rings is 1. The second-order valence-electron chi connectivity index (χ2n) is 8.02. The van der Waals surface area contributed by atoms with Crippen molar-refractivity contribution in [2.24, 2.45) is 5.92 Å². The Kier molecular flexibility index (Phi) is 5.07. The third-order valence-corrected chi connectivity index (χ3v) is 5.84. The summed E-state index contributed by atoms with van der Waals surface area (Å²) in [7, 11) is 0. The standard InChI is InChI=1S/C23H28N2O/c1-16-3-2-4-20(11-16)19-7-5-17(6-8-19)15-24-23(26)14-18-12-21-9-10-22(13-18)25-21/h2-8,11,18,21-22,25H,9-10,12-15H2,1H3,(H,24,26). The van der Waals surface area contributed by atoms with E-state index < -0.39 is 0 Å². The topological polar surface area (TPSA) is 41.1 Å². The first kappa shape index (κ1) is 17.3. The van der Waals surface area contributed by atoms with E-state index in [0.717, 1.165) is 18.4 Å². The van der Waals surface area contributed by atoms with Crippen LogP contribution in [0.3, 0.4) is 0 Å². The number of aryl methyl sites for hydroxylation is 1. The first-order valence-electron chi connectivity index (χ1n) is 9.84. The number of fused-ring (bicyclic) bond motifs is 2. The molecule has 2 heterocycles. The zero-order valence-corrected chi connectivity index (χ0v) is 15.5. The van der Waals surface area contributed by atoms with E-state index >= 15 is 0 Å². The smallest absolute Gasteiger partial charge is 0.220 e. The molecule has 2 aromatic carbocycles. The van der Waals surface area contributed by atoms with Gasteiger partial charge in [0, 0.05) is 25.0 Å². The SMILES string of the molecule is Cc1cccc(-c2ccc(CNC(=O)CC3CC4CCC(C3)N4)cc2)c1. The fraction of sp³-hybridized carbons (Fsp3) is 0.435. The highest BCUT2D eigenvalue weighted by molar-refractivity contribution is 5.76. The van der Waals surface area contributed by atoms with Gasteiger partial charge in [0.25, 0.3) is 0 Å². The molecule has 0 saturated carbocycles. The van der Waals surface area contributed by atoms with Crippen LogP contribution in [0.5, 0.6) is 0 Å². The van der Waals surface area contributed by atoms with Crippen LogP contribution in [0.15, 0.2) is 48.5 Å². The molecule has 2 bridgehead atoms. The zero-order chi connectivity index (χ0) is 17.9. The maximum atomic E-state index is 12.3. The molecule has 2 fully saturated rings. The summed E-state index contributed by atoms with van der Waals surface area (Å²) < 4.78 is 0. The zero-order valence-electron chi connectivity index (χ0n) is 15.5. The van der Waals surface area contributed by atoms with Gasteiger partial charge >= 0.3 is 0 Å². The Labute approximate surface area is 156 Å². The predicted octanol–water partition coefficient (Wildman–Crippen LogP) is 4.20. The van der Waals surface area contributed by atoms with Crippen LogP contribution in [0.25, 0.3) is 11.1 Å². The first-order valence-corrected chi connectivity index (χ1v) is 9.84. The summed E-state index contributed by atoms with van der Waals surface area (Å²) in [6.45, 7) is 2.73. The molecular formula is C23H28N2O. The number of hydrogen-bond acceptors (Lipinski definition) is 2. The van der Waals surface area contributed by atoms with E-state index in [-0.39, 0.29) is 5.91 Å². The van der Waals surface area contributed by atoms with Crippen molar-refractivity contribution >= 4 is 5.91 Å². The van der Waals surface area contributed by atoms with Gasteiger partial charge in [-0.05, 0) is 55.2 Å². The molecule has 0 aliphatic carbocycles. The molecule has 2 atom stereocenters. The lowest BCUT2D eigenvalue weighted by atomic mass is 9.89. The van der Waals surface area contributed by atoms with Crippen molar-refractivity contribution < 1.29 is 4.79 Å². The molecule has 2 unspecified atom stereocenters. The van der Waals surface area contributed by atoms with Gasteiger partial charge in [-0.2, -0.15) is 0 Å². The molecule has 2 saturated heterocycles. The van der Waals surface area contributed by atoms with Crippen molar-refractivity contribution in [1.82, 2.24) is 10.6 Å². The lowest BCUT2D eigenvalue weighted by Crippen LogP contribution is -2.39. The minimum atomic E-state index is 0.194. The van der Waals surface area contributed by atoms with Gasteiger partial charge in [0.05, 0.1) is 0 Å². The van der Waals surface area contributed by atoms with Gasteiger partial charge < -0.3 is 10.6 Å². The molecule has 2 aliphatic heterocycles. The number of rotatable bonds is 5. The van der Waals surface area contributed by atoms with Gasteiger partial charge in [-0.25, -0.2) is 0 Å². The van der Waals surface area contributed by atoms with E-state index in [2.05, 4.69) is 66.1 Å². The lowest BCUT2D eigenvalue weighted by molar-refractivity contribution is -0.122. The molecule has 4 rings (SSSR count). The normalized spacial score (nSPS) is 24.4. The summed E-state index contributed by atoms with van der Waals surface area (Å²) in [5.74, 6) is 0.747. The minimum absolute atomic E-state index is 0.194. The summed E-state index contributed by atoms with van der Waals surface area (Å²) in [5, 5.41) is 6.75. The monoisotopic (exact) mass is 348 g/mol. The van der Waals surface area contributed by atoms with Crippen molar-refractivity contribution in [2.45, 2.75) is 57.7 Å². The Bertz CT molecular complexity index is 756. The van der Waals surface area contributed by atoms with Crippen LogP contribution >= 0.6 is 0 Å². The third kappa shape index (κ3) is 4.16. The molecule has 3 nitrogen and oxygen atoms in total. The number of amides is 1. The van der Waals surface area contributed by atoms with Crippen LogP contribution in [0.4, 0.5) is 0 Å².